The Kier molecular flexibility index (Phi) is 8.07. The molecular formula is C25H34N2O4. The SMILES string of the molecule is CCCCOc1ccc(N(C)C(=O)C(O)C2(O)CCN(Cc3ccccc3)CC2)cc1. The molecule has 2 aromatic carbocycles. The zero-order valence-electron chi connectivity index (χ0n) is 18.5. The first-order valence-electron chi connectivity index (χ1n) is 11.1. The highest BCUT2D eigenvalue weighted by Crippen LogP contribution is 2.29. The number of nitrogens with zero attached hydrogens (tertiary/aromatic N) is 2. The summed E-state index contributed by atoms with van der Waals surface area (Å²) in [6.45, 7) is 4.83. The molecule has 0 spiro atoms. The van der Waals surface area contributed by atoms with Crippen LogP contribution in [0.25, 0.3) is 0 Å². The lowest BCUT2D eigenvalue weighted by molar-refractivity contribution is -0.150. The van der Waals surface area contributed by atoms with E-state index in [4.69, 9.17) is 4.74 Å². The summed E-state index contributed by atoms with van der Waals surface area (Å²) in [5, 5.41) is 21.7. The molecule has 0 bridgehead atoms. The molecule has 1 fully saturated rings. The number of rotatable bonds is 9. The Morgan fingerprint density at radius 2 is 1.77 bits per heavy atom. The van der Waals surface area contributed by atoms with E-state index in [-0.39, 0.29) is 0 Å². The molecule has 168 valence electrons. The van der Waals surface area contributed by atoms with Gasteiger partial charge in [-0.3, -0.25) is 9.69 Å². The molecule has 1 atom stereocenters. The van der Waals surface area contributed by atoms with Crippen molar-refractivity contribution >= 4 is 11.6 Å². The summed E-state index contributed by atoms with van der Waals surface area (Å²) >= 11 is 0. The molecule has 3 rings (SSSR count). The van der Waals surface area contributed by atoms with Gasteiger partial charge in [-0.15, -0.1) is 0 Å². The zero-order chi connectivity index (χ0) is 22.3. The molecule has 6 heteroatoms. The first-order chi connectivity index (χ1) is 14.9. The molecule has 0 aromatic heterocycles. The van der Waals surface area contributed by atoms with Gasteiger partial charge in [-0.1, -0.05) is 43.7 Å². The maximum absolute atomic E-state index is 12.9. The second-order valence-electron chi connectivity index (χ2n) is 8.36. The number of benzene rings is 2. The Hall–Kier alpha value is -2.41. The van der Waals surface area contributed by atoms with E-state index < -0.39 is 17.6 Å². The fraction of sp³-hybridized carbons (Fsp3) is 0.480. The van der Waals surface area contributed by atoms with Crippen molar-refractivity contribution in [3.63, 3.8) is 0 Å². The fourth-order valence-electron chi connectivity index (χ4n) is 3.85. The third kappa shape index (κ3) is 6.06. The number of aliphatic hydroxyl groups is 2. The summed E-state index contributed by atoms with van der Waals surface area (Å²) in [4.78, 5) is 16.5. The highest BCUT2D eigenvalue weighted by Gasteiger charge is 2.43. The van der Waals surface area contributed by atoms with E-state index in [1.165, 1.54) is 10.5 Å². The Bertz CT molecular complexity index is 817. The lowest BCUT2D eigenvalue weighted by Crippen LogP contribution is -2.56. The molecule has 2 N–H and O–H groups in total. The van der Waals surface area contributed by atoms with Crippen molar-refractivity contribution in [1.29, 1.82) is 0 Å². The second-order valence-corrected chi connectivity index (χ2v) is 8.36. The number of anilines is 1. The van der Waals surface area contributed by atoms with Crippen LogP contribution in [-0.4, -0.2) is 59.5 Å². The predicted molar refractivity (Wildman–Crippen MR) is 122 cm³/mol. The minimum absolute atomic E-state index is 0.352. The van der Waals surface area contributed by atoms with Gasteiger partial charge in [0.2, 0.25) is 0 Å². The van der Waals surface area contributed by atoms with Crippen LogP contribution in [0.4, 0.5) is 5.69 Å². The fourth-order valence-corrected chi connectivity index (χ4v) is 3.85. The van der Waals surface area contributed by atoms with Crippen LogP contribution in [0.2, 0.25) is 0 Å². The van der Waals surface area contributed by atoms with Gasteiger partial charge in [-0.05, 0) is 49.1 Å². The van der Waals surface area contributed by atoms with Crippen molar-refractivity contribution in [1.82, 2.24) is 4.90 Å². The highest BCUT2D eigenvalue weighted by molar-refractivity contribution is 5.96. The molecule has 6 nitrogen and oxygen atoms in total. The van der Waals surface area contributed by atoms with Crippen LogP contribution >= 0.6 is 0 Å². The molecule has 0 saturated carbocycles. The van der Waals surface area contributed by atoms with Crippen LogP contribution in [0.1, 0.15) is 38.2 Å². The Morgan fingerprint density at radius 3 is 2.39 bits per heavy atom. The number of hydrogen-bond acceptors (Lipinski definition) is 5. The number of piperidine rings is 1. The smallest absolute Gasteiger partial charge is 0.258 e. The van der Waals surface area contributed by atoms with E-state index in [2.05, 4.69) is 24.0 Å². The lowest BCUT2D eigenvalue weighted by Gasteiger charge is -2.41. The molecule has 0 aliphatic carbocycles. The maximum Gasteiger partial charge on any atom is 0.258 e. The van der Waals surface area contributed by atoms with Crippen LogP contribution in [0.3, 0.4) is 0 Å². The molecule has 0 radical (unpaired) electrons. The summed E-state index contributed by atoms with van der Waals surface area (Å²) in [6, 6.07) is 17.4. The number of carbonyl (C=O) groups is 1. The number of carbonyl (C=O) groups excluding carboxylic acids is 1. The largest absolute Gasteiger partial charge is 0.494 e. The molecule has 1 amide bonds. The number of aliphatic hydroxyl groups excluding tert-OH is 1. The standard InChI is InChI=1S/C25H34N2O4/c1-3-4-18-31-22-12-10-21(11-13-22)26(2)24(29)23(28)25(30)14-16-27(17-15-25)19-20-8-6-5-7-9-20/h5-13,23,28,30H,3-4,14-19H2,1-2H3. The average molecular weight is 427 g/mol. The van der Waals surface area contributed by atoms with Crippen molar-refractivity contribution in [2.75, 3.05) is 31.6 Å². The van der Waals surface area contributed by atoms with Crippen LogP contribution in [0.15, 0.2) is 54.6 Å². The van der Waals surface area contributed by atoms with Gasteiger partial charge in [-0.25, -0.2) is 0 Å². The number of likely N-dealkylation sites (tertiary alicyclic amines) is 1. The molecule has 1 aliphatic heterocycles. The molecule has 2 aromatic rings. The van der Waals surface area contributed by atoms with E-state index in [9.17, 15) is 15.0 Å². The minimum Gasteiger partial charge on any atom is -0.494 e. The predicted octanol–water partition coefficient (Wildman–Crippen LogP) is 3.22. The van der Waals surface area contributed by atoms with E-state index >= 15 is 0 Å². The first-order valence-corrected chi connectivity index (χ1v) is 11.1. The Morgan fingerprint density at radius 1 is 1.13 bits per heavy atom. The Balaban J connectivity index is 1.55. The minimum atomic E-state index is -1.46. The quantitative estimate of drug-likeness (QED) is 0.603. The molecule has 1 aliphatic rings. The van der Waals surface area contributed by atoms with Crippen LogP contribution < -0.4 is 9.64 Å². The van der Waals surface area contributed by atoms with Gasteiger partial charge >= 0.3 is 0 Å². The van der Waals surface area contributed by atoms with E-state index in [1.54, 1.807) is 19.2 Å². The first kappa shape index (κ1) is 23.3. The van der Waals surface area contributed by atoms with E-state index in [1.807, 2.05) is 30.3 Å². The maximum atomic E-state index is 12.9. The summed E-state index contributed by atoms with van der Waals surface area (Å²) in [5.41, 5.74) is 0.449. The van der Waals surface area contributed by atoms with Gasteiger partial charge in [0, 0.05) is 32.4 Å². The zero-order valence-corrected chi connectivity index (χ0v) is 18.5. The van der Waals surface area contributed by atoms with Crippen molar-refractivity contribution in [3.8, 4) is 5.75 Å². The average Bonchev–Trinajstić information content (AvgIpc) is 2.80. The third-order valence-electron chi connectivity index (χ3n) is 6.04. The summed E-state index contributed by atoms with van der Waals surface area (Å²) in [5.74, 6) is 0.252. The number of likely N-dealkylation sites (N-methyl/N-ethyl adjacent to an activating group) is 1. The van der Waals surface area contributed by atoms with Crippen LogP contribution in [0, 0.1) is 0 Å². The van der Waals surface area contributed by atoms with Gasteiger partial charge in [-0.2, -0.15) is 0 Å². The van der Waals surface area contributed by atoms with Crippen LogP contribution in [0.5, 0.6) is 5.75 Å². The number of hydrogen-bond donors (Lipinski definition) is 2. The topological polar surface area (TPSA) is 73.2 Å². The lowest BCUT2D eigenvalue weighted by atomic mass is 9.85. The van der Waals surface area contributed by atoms with E-state index in [0.29, 0.717) is 38.2 Å². The normalized spacial score (nSPS) is 17.2. The number of ether oxygens (including phenoxy) is 1. The molecule has 1 unspecified atom stereocenters. The second kappa shape index (κ2) is 10.8. The number of unbranched alkanes of at least 4 members (excludes halogenated alkanes) is 1. The van der Waals surface area contributed by atoms with Crippen molar-refractivity contribution in [2.24, 2.45) is 0 Å². The summed E-state index contributed by atoms with van der Waals surface area (Å²) in [7, 11) is 1.62. The van der Waals surface area contributed by atoms with Crippen molar-refractivity contribution in [2.45, 2.75) is 50.9 Å². The van der Waals surface area contributed by atoms with Crippen molar-refractivity contribution < 1.29 is 19.7 Å². The van der Waals surface area contributed by atoms with Gasteiger partial charge in [0.1, 0.15) is 11.4 Å². The third-order valence-corrected chi connectivity index (χ3v) is 6.04. The molecule has 1 saturated heterocycles. The van der Waals surface area contributed by atoms with Gasteiger partial charge in [0.05, 0.1) is 6.61 Å². The molecule has 1 heterocycles. The number of amides is 1. The highest BCUT2D eigenvalue weighted by atomic mass is 16.5. The summed E-state index contributed by atoms with van der Waals surface area (Å²) in [6.07, 6.45) is 1.31. The van der Waals surface area contributed by atoms with Crippen molar-refractivity contribution in [3.05, 3.63) is 60.2 Å². The monoisotopic (exact) mass is 426 g/mol. The Labute approximate surface area is 185 Å². The molecular weight excluding hydrogens is 392 g/mol. The summed E-state index contributed by atoms with van der Waals surface area (Å²) < 4.78 is 5.66. The van der Waals surface area contributed by atoms with Gasteiger partial charge < -0.3 is 19.8 Å². The van der Waals surface area contributed by atoms with Crippen LogP contribution in [-0.2, 0) is 11.3 Å². The van der Waals surface area contributed by atoms with Gasteiger partial charge in [0.25, 0.3) is 5.91 Å². The van der Waals surface area contributed by atoms with Gasteiger partial charge in [0.15, 0.2) is 6.10 Å². The van der Waals surface area contributed by atoms with E-state index in [0.717, 1.165) is 25.1 Å². The molecule has 31 heavy (non-hydrogen) atoms.